The van der Waals surface area contributed by atoms with E-state index in [1.165, 1.54) is 22.0 Å². The molecule has 0 N–H and O–H groups in total. The summed E-state index contributed by atoms with van der Waals surface area (Å²) in [5, 5.41) is 4.51. The van der Waals surface area contributed by atoms with Crippen molar-refractivity contribution in [3.05, 3.63) is 169 Å². The van der Waals surface area contributed by atoms with Crippen LogP contribution in [0.5, 0.6) is 11.5 Å². The number of hydrogen-bond acceptors (Lipinski definition) is 4. The first-order valence-corrected chi connectivity index (χ1v) is 18.5. The van der Waals surface area contributed by atoms with Gasteiger partial charge in [0.05, 0.1) is 17.2 Å². The molecule has 0 bridgehead atoms. The largest absolute Gasteiger partial charge is 2.00 e. The van der Waals surface area contributed by atoms with Gasteiger partial charge in [0.2, 0.25) is 0 Å². The third-order valence-corrected chi connectivity index (χ3v) is 11.2. The summed E-state index contributed by atoms with van der Waals surface area (Å²) in [7, 11) is 2.14. The van der Waals surface area contributed by atoms with E-state index in [-0.39, 0.29) is 28.0 Å². The van der Waals surface area contributed by atoms with Crippen LogP contribution in [0.4, 0.5) is 5.69 Å². The van der Waals surface area contributed by atoms with Gasteiger partial charge in [0.15, 0.2) is 0 Å². The van der Waals surface area contributed by atoms with Gasteiger partial charge in [-0.15, -0.1) is 23.6 Å². The van der Waals surface area contributed by atoms with Gasteiger partial charge in [0.1, 0.15) is 5.82 Å². The summed E-state index contributed by atoms with van der Waals surface area (Å²) in [6.07, 6.45) is 5.91. The van der Waals surface area contributed by atoms with Crippen molar-refractivity contribution >= 4 is 61.7 Å². The second-order valence-electron chi connectivity index (χ2n) is 14.3. The Morgan fingerprint density at radius 3 is 2.09 bits per heavy atom. The minimum Gasteiger partial charge on any atom is -0.503 e. The molecule has 10 aromatic rings. The number of imidazole rings is 1. The fourth-order valence-electron chi connectivity index (χ4n) is 8.71. The zero-order valence-corrected chi connectivity index (χ0v) is 33.1. The maximum Gasteiger partial charge on any atom is 2.00 e. The molecule has 0 saturated heterocycles. The van der Waals surface area contributed by atoms with Crippen molar-refractivity contribution in [1.29, 1.82) is 0 Å². The van der Waals surface area contributed by atoms with Crippen LogP contribution in [0.1, 0.15) is 11.1 Å². The predicted octanol–water partition coefficient (Wildman–Crippen LogP) is 9.84. The van der Waals surface area contributed by atoms with Crippen LogP contribution >= 0.6 is 0 Å². The number of nitrogens with zero attached hydrogens (tertiary/aromatic N) is 6. The van der Waals surface area contributed by atoms with E-state index < -0.39 is 0 Å². The summed E-state index contributed by atoms with van der Waals surface area (Å²) in [6, 6.07) is 51.6. The normalized spacial score (nSPS) is 12.3. The maximum atomic E-state index is 6.59. The molecule has 0 fully saturated rings. The molecular formula is C47H33BN6OPt. The summed E-state index contributed by atoms with van der Waals surface area (Å²) < 4.78 is 13.3. The molecule has 1 aliphatic heterocycles. The molecule has 56 heavy (non-hydrogen) atoms. The molecule has 0 spiro atoms. The van der Waals surface area contributed by atoms with Gasteiger partial charge in [-0.1, -0.05) is 113 Å². The average molecular weight is 904 g/mol. The summed E-state index contributed by atoms with van der Waals surface area (Å²) in [6.45, 7) is 4.33. The number of rotatable bonds is 5. The van der Waals surface area contributed by atoms with Crippen LogP contribution in [0.3, 0.4) is 0 Å². The van der Waals surface area contributed by atoms with Crippen LogP contribution in [0.15, 0.2) is 146 Å². The molecule has 7 nitrogen and oxygen atoms in total. The minimum absolute atomic E-state index is 0. The van der Waals surface area contributed by atoms with E-state index in [2.05, 4.69) is 167 Å². The monoisotopic (exact) mass is 903 g/mol. The molecule has 11 rings (SSSR count). The minimum atomic E-state index is -0.0215. The van der Waals surface area contributed by atoms with Gasteiger partial charge >= 0.3 is 28.0 Å². The van der Waals surface area contributed by atoms with E-state index >= 15 is 0 Å². The molecule has 1 aliphatic rings. The van der Waals surface area contributed by atoms with Crippen molar-refractivity contribution in [2.45, 2.75) is 13.8 Å². The van der Waals surface area contributed by atoms with Crippen molar-refractivity contribution < 1.29 is 25.8 Å². The summed E-state index contributed by atoms with van der Waals surface area (Å²) in [5.74, 6) is 2.87. The SMILES string of the molecule is Cc1cccc(C)c1B1N(C)c2ccc(Oc3[c-]c4c(cc3)c3ccccc3n4-c3cc4c5ccccc5n(-c5ccccc5)c4cn3)[c-]c2-c2nccn21.[Pt+2]. The third-order valence-electron chi connectivity index (χ3n) is 11.2. The maximum absolute atomic E-state index is 6.59. The number of hydrogen-bond donors (Lipinski definition) is 0. The standard InChI is InChI=1S/C47H33BN6O.Pt/c1-30-12-11-13-31(2)46(30)48-51(3)40-23-21-33(26-39(40)47-49-24-25-52(47)48)55-34-20-22-37-35-16-7-10-19-42(35)54(43(37)27-34)45-28-38-36-17-8-9-18-41(36)53(44(38)29-50-45)32-14-5-4-6-15-32;/h4-25,28-29H,1-3H3;/q-2;+2. The smallest absolute Gasteiger partial charge is 0.503 e. The number of aromatic nitrogens is 5. The Morgan fingerprint density at radius 1 is 0.625 bits per heavy atom. The topological polar surface area (TPSA) is 53.0 Å². The van der Waals surface area contributed by atoms with Gasteiger partial charge in [0, 0.05) is 51.7 Å². The third kappa shape index (κ3) is 5.09. The Bertz CT molecular complexity index is 3130. The average Bonchev–Trinajstić information content (AvgIpc) is 3.92. The van der Waals surface area contributed by atoms with E-state index in [1.54, 1.807) is 0 Å². The van der Waals surface area contributed by atoms with Crippen molar-refractivity contribution in [3.63, 3.8) is 0 Å². The summed E-state index contributed by atoms with van der Waals surface area (Å²) in [4.78, 5) is 12.2. The number of anilines is 1. The fourth-order valence-corrected chi connectivity index (χ4v) is 8.71. The van der Waals surface area contributed by atoms with E-state index in [1.807, 2.05) is 30.6 Å². The Labute approximate surface area is 338 Å². The predicted molar refractivity (Wildman–Crippen MR) is 223 cm³/mol. The first-order chi connectivity index (χ1) is 27.0. The number of ether oxygens (including phenoxy) is 1. The summed E-state index contributed by atoms with van der Waals surface area (Å²) in [5.41, 5.74) is 11.0. The van der Waals surface area contributed by atoms with Crippen LogP contribution in [0, 0.1) is 26.0 Å². The number of benzene rings is 6. The van der Waals surface area contributed by atoms with E-state index in [0.29, 0.717) is 11.5 Å². The Hall–Kier alpha value is -6.37. The Kier molecular flexibility index (Phi) is 8.01. The van der Waals surface area contributed by atoms with Crippen LogP contribution in [0.2, 0.25) is 0 Å². The first-order valence-electron chi connectivity index (χ1n) is 18.5. The van der Waals surface area contributed by atoms with E-state index in [4.69, 9.17) is 14.7 Å². The van der Waals surface area contributed by atoms with Crippen molar-refractivity contribution in [2.75, 3.05) is 11.9 Å². The molecule has 0 unspecified atom stereocenters. The Balaban J connectivity index is 0.00000384. The number of pyridine rings is 1. The van der Waals surface area contributed by atoms with Crippen LogP contribution in [-0.4, -0.2) is 37.6 Å². The van der Waals surface area contributed by atoms with Gasteiger partial charge in [-0.2, -0.15) is 6.07 Å². The second-order valence-corrected chi connectivity index (χ2v) is 14.3. The van der Waals surface area contributed by atoms with Crippen LogP contribution < -0.4 is 15.0 Å². The molecule has 0 atom stereocenters. The Morgan fingerprint density at radius 2 is 1.30 bits per heavy atom. The second kappa shape index (κ2) is 13.1. The molecule has 0 aliphatic carbocycles. The van der Waals surface area contributed by atoms with E-state index in [0.717, 1.165) is 66.8 Å². The molecule has 6 aromatic carbocycles. The number of fused-ring (bicyclic) bond motifs is 9. The van der Waals surface area contributed by atoms with Crippen LogP contribution in [0.25, 0.3) is 66.5 Å². The van der Waals surface area contributed by atoms with Gasteiger partial charge in [-0.3, -0.25) is 4.98 Å². The molecule has 4 aromatic heterocycles. The zero-order chi connectivity index (χ0) is 36.8. The number of para-hydroxylation sites is 3. The molecule has 0 saturated carbocycles. The molecule has 0 radical (unpaired) electrons. The number of aryl methyl sites for hydroxylation is 2. The molecule has 0 amide bonds. The molecule has 9 heteroatoms. The van der Waals surface area contributed by atoms with Crippen molar-refractivity contribution in [2.24, 2.45) is 0 Å². The zero-order valence-electron chi connectivity index (χ0n) is 30.8. The van der Waals surface area contributed by atoms with Crippen molar-refractivity contribution in [3.8, 4) is 34.4 Å². The summed E-state index contributed by atoms with van der Waals surface area (Å²) >= 11 is 0. The fraction of sp³-hybridized carbons (Fsp3) is 0.0638. The van der Waals surface area contributed by atoms with Crippen LogP contribution in [-0.2, 0) is 21.1 Å². The first kappa shape index (κ1) is 34.1. The van der Waals surface area contributed by atoms with E-state index in [9.17, 15) is 0 Å². The molecule has 270 valence electrons. The van der Waals surface area contributed by atoms with Crippen molar-refractivity contribution in [1.82, 2.24) is 23.6 Å². The molecule has 5 heterocycles. The van der Waals surface area contributed by atoms with Gasteiger partial charge in [-0.05, 0) is 62.1 Å². The molecular weight excluding hydrogens is 870 g/mol. The quantitative estimate of drug-likeness (QED) is 0.128. The van der Waals surface area contributed by atoms with Gasteiger partial charge in [-0.25, -0.2) is 4.98 Å². The van der Waals surface area contributed by atoms with Gasteiger partial charge in [0.25, 0.3) is 0 Å². The van der Waals surface area contributed by atoms with Gasteiger partial charge < -0.3 is 23.2 Å².